The highest BCUT2D eigenvalue weighted by Crippen LogP contribution is 2.39. The number of alkyl halides is 1. The molecule has 0 spiro atoms. The van der Waals surface area contributed by atoms with Crippen molar-refractivity contribution in [2.24, 2.45) is 5.92 Å². The predicted molar refractivity (Wildman–Crippen MR) is 130 cm³/mol. The molecule has 3 aromatic carbocycles. The van der Waals surface area contributed by atoms with Crippen LogP contribution in [0, 0.1) is 17.6 Å². The summed E-state index contributed by atoms with van der Waals surface area (Å²) in [4.78, 5) is 12.7. The van der Waals surface area contributed by atoms with Crippen LogP contribution in [0.4, 0.5) is 13.2 Å². The van der Waals surface area contributed by atoms with Crippen LogP contribution in [0.5, 0.6) is 11.5 Å². The van der Waals surface area contributed by atoms with Crippen molar-refractivity contribution in [2.45, 2.75) is 31.6 Å². The van der Waals surface area contributed by atoms with Crippen molar-refractivity contribution in [3.8, 4) is 22.6 Å². The van der Waals surface area contributed by atoms with Gasteiger partial charge in [0.1, 0.15) is 12.4 Å². The average molecular weight is 481 g/mol. The standard InChI is InChI=1S/C29H27F3O3/c1-34-26-17-16-25(27(31)28(26)32)22-8-10-23(11-9-22)29(33)35-24-14-12-21(13-15-24)20-6-4-19(5-7-20)3-2-18-30/h2-7,12-17,22-23H,8-11,18H2,1H3. The number of halogens is 3. The Morgan fingerprint density at radius 1 is 0.886 bits per heavy atom. The van der Waals surface area contributed by atoms with E-state index in [1.54, 1.807) is 24.3 Å². The van der Waals surface area contributed by atoms with Crippen LogP contribution in [0.1, 0.15) is 42.7 Å². The van der Waals surface area contributed by atoms with Crippen LogP contribution < -0.4 is 9.47 Å². The van der Waals surface area contributed by atoms with Crippen LogP contribution in [0.2, 0.25) is 0 Å². The number of rotatable bonds is 7. The van der Waals surface area contributed by atoms with Gasteiger partial charge in [0, 0.05) is 0 Å². The summed E-state index contributed by atoms with van der Waals surface area (Å²) < 4.78 is 51.2. The number of allylic oxidation sites excluding steroid dienone is 1. The second-order valence-corrected chi connectivity index (χ2v) is 8.66. The second kappa shape index (κ2) is 11.3. The number of ether oxygens (including phenoxy) is 2. The van der Waals surface area contributed by atoms with E-state index in [0.717, 1.165) is 16.7 Å². The molecule has 0 amide bonds. The summed E-state index contributed by atoms with van der Waals surface area (Å²) in [7, 11) is 1.30. The average Bonchev–Trinajstić information content (AvgIpc) is 2.90. The molecule has 0 atom stereocenters. The molecule has 6 heteroatoms. The third-order valence-electron chi connectivity index (χ3n) is 6.51. The summed E-state index contributed by atoms with van der Waals surface area (Å²) in [5, 5.41) is 0. The first-order valence-electron chi connectivity index (χ1n) is 11.7. The Balaban J connectivity index is 1.33. The monoisotopic (exact) mass is 480 g/mol. The Kier molecular flexibility index (Phi) is 7.91. The molecule has 0 aromatic heterocycles. The van der Waals surface area contributed by atoms with Crippen molar-refractivity contribution in [1.82, 2.24) is 0 Å². The minimum Gasteiger partial charge on any atom is -0.494 e. The lowest BCUT2D eigenvalue weighted by atomic mass is 9.78. The summed E-state index contributed by atoms with van der Waals surface area (Å²) in [6.07, 6.45) is 5.46. The van der Waals surface area contributed by atoms with E-state index < -0.39 is 18.3 Å². The van der Waals surface area contributed by atoms with Crippen molar-refractivity contribution in [3.05, 3.63) is 89.5 Å². The summed E-state index contributed by atoms with van der Waals surface area (Å²) in [5.41, 5.74) is 3.23. The number of methoxy groups -OCH3 is 1. The number of benzene rings is 3. The third kappa shape index (κ3) is 5.76. The summed E-state index contributed by atoms with van der Waals surface area (Å²) in [6, 6.07) is 18.0. The van der Waals surface area contributed by atoms with Gasteiger partial charge >= 0.3 is 5.97 Å². The zero-order valence-corrected chi connectivity index (χ0v) is 19.5. The Bertz CT molecular complexity index is 1180. The van der Waals surface area contributed by atoms with Crippen LogP contribution in [0.15, 0.2) is 66.7 Å². The lowest BCUT2D eigenvalue weighted by molar-refractivity contribution is -0.140. The van der Waals surface area contributed by atoms with Crippen molar-refractivity contribution >= 4 is 12.0 Å². The van der Waals surface area contributed by atoms with Crippen LogP contribution in [0.3, 0.4) is 0 Å². The Morgan fingerprint density at radius 3 is 2.11 bits per heavy atom. The Hall–Kier alpha value is -3.54. The van der Waals surface area contributed by atoms with Crippen molar-refractivity contribution in [1.29, 1.82) is 0 Å². The normalized spacial score (nSPS) is 17.9. The van der Waals surface area contributed by atoms with E-state index in [2.05, 4.69) is 0 Å². The molecule has 0 saturated heterocycles. The number of esters is 1. The number of carbonyl (C=O) groups is 1. The minimum atomic E-state index is -0.973. The van der Waals surface area contributed by atoms with E-state index in [0.29, 0.717) is 37.0 Å². The van der Waals surface area contributed by atoms with E-state index in [-0.39, 0.29) is 23.6 Å². The molecule has 3 aromatic rings. The smallest absolute Gasteiger partial charge is 0.314 e. The molecule has 0 N–H and O–H groups in total. The molecule has 35 heavy (non-hydrogen) atoms. The van der Waals surface area contributed by atoms with Gasteiger partial charge < -0.3 is 9.47 Å². The van der Waals surface area contributed by atoms with Gasteiger partial charge in [-0.05, 0) is 72.1 Å². The van der Waals surface area contributed by atoms with Gasteiger partial charge in [-0.25, -0.2) is 8.78 Å². The molecule has 0 bridgehead atoms. The van der Waals surface area contributed by atoms with Gasteiger partial charge in [0.25, 0.3) is 0 Å². The summed E-state index contributed by atoms with van der Waals surface area (Å²) >= 11 is 0. The fraction of sp³-hybridized carbons (Fsp3) is 0.276. The van der Waals surface area contributed by atoms with Gasteiger partial charge in [-0.3, -0.25) is 4.79 Å². The fourth-order valence-corrected chi connectivity index (χ4v) is 4.54. The first-order chi connectivity index (χ1) is 17.0. The van der Waals surface area contributed by atoms with Gasteiger partial charge in [0.2, 0.25) is 5.82 Å². The number of carbonyl (C=O) groups excluding carboxylic acids is 1. The third-order valence-corrected chi connectivity index (χ3v) is 6.51. The zero-order valence-electron chi connectivity index (χ0n) is 19.5. The molecule has 4 rings (SSSR count). The van der Waals surface area contributed by atoms with E-state index in [9.17, 15) is 18.0 Å². The largest absolute Gasteiger partial charge is 0.494 e. The van der Waals surface area contributed by atoms with Crippen molar-refractivity contribution in [3.63, 3.8) is 0 Å². The van der Waals surface area contributed by atoms with Crippen LogP contribution in [-0.2, 0) is 4.79 Å². The molecular weight excluding hydrogens is 453 g/mol. The minimum absolute atomic E-state index is 0.114. The predicted octanol–water partition coefficient (Wildman–Crippen LogP) is 7.50. The first-order valence-corrected chi connectivity index (χ1v) is 11.7. The molecule has 0 heterocycles. The topological polar surface area (TPSA) is 35.5 Å². The second-order valence-electron chi connectivity index (χ2n) is 8.66. The summed E-state index contributed by atoms with van der Waals surface area (Å²) in [5.74, 6) is -2.22. The van der Waals surface area contributed by atoms with Gasteiger partial charge in [0.15, 0.2) is 11.6 Å². The first kappa shape index (κ1) is 24.6. The maximum atomic E-state index is 14.4. The Morgan fingerprint density at radius 2 is 1.51 bits per heavy atom. The summed E-state index contributed by atoms with van der Waals surface area (Å²) in [6.45, 7) is -0.495. The van der Waals surface area contributed by atoms with E-state index in [1.165, 1.54) is 19.3 Å². The lowest BCUT2D eigenvalue weighted by Crippen LogP contribution is -2.25. The van der Waals surface area contributed by atoms with E-state index in [1.807, 2.05) is 36.4 Å². The molecule has 1 aliphatic rings. The molecule has 0 radical (unpaired) electrons. The van der Waals surface area contributed by atoms with Gasteiger partial charge in [-0.2, -0.15) is 4.39 Å². The molecular formula is C29H27F3O3. The molecule has 1 saturated carbocycles. The maximum Gasteiger partial charge on any atom is 0.314 e. The van der Waals surface area contributed by atoms with E-state index >= 15 is 0 Å². The molecule has 0 aliphatic heterocycles. The van der Waals surface area contributed by atoms with Crippen LogP contribution in [0.25, 0.3) is 17.2 Å². The Labute approximate surface area is 203 Å². The number of hydrogen-bond donors (Lipinski definition) is 0. The zero-order chi connectivity index (χ0) is 24.8. The highest BCUT2D eigenvalue weighted by atomic mass is 19.2. The fourth-order valence-electron chi connectivity index (χ4n) is 4.54. The van der Waals surface area contributed by atoms with Crippen LogP contribution >= 0.6 is 0 Å². The molecule has 182 valence electrons. The number of hydrogen-bond acceptors (Lipinski definition) is 3. The van der Waals surface area contributed by atoms with E-state index in [4.69, 9.17) is 9.47 Å². The molecule has 0 unspecified atom stereocenters. The lowest BCUT2D eigenvalue weighted by Gasteiger charge is -2.28. The SMILES string of the molecule is COc1ccc(C2CCC(C(=O)Oc3ccc(-c4ccc(C=CCF)cc4)cc3)CC2)c(F)c1F. The van der Waals surface area contributed by atoms with Gasteiger partial charge in [-0.15, -0.1) is 0 Å². The maximum absolute atomic E-state index is 14.4. The molecule has 3 nitrogen and oxygen atoms in total. The van der Waals surface area contributed by atoms with Gasteiger partial charge in [0.05, 0.1) is 13.0 Å². The van der Waals surface area contributed by atoms with Crippen molar-refractivity contribution in [2.75, 3.05) is 13.8 Å². The molecule has 1 aliphatic carbocycles. The quantitative estimate of drug-likeness (QED) is 0.259. The molecule has 1 fully saturated rings. The highest BCUT2D eigenvalue weighted by molar-refractivity contribution is 5.75. The highest BCUT2D eigenvalue weighted by Gasteiger charge is 2.30. The van der Waals surface area contributed by atoms with Crippen molar-refractivity contribution < 1.29 is 27.4 Å². The van der Waals surface area contributed by atoms with Gasteiger partial charge in [-0.1, -0.05) is 54.6 Å². The van der Waals surface area contributed by atoms with Crippen LogP contribution in [-0.4, -0.2) is 19.8 Å².